The molecule has 1 aromatic heterocycles. The van der Waals surface area contributed by atoms with Gasteiger partial charge in [0.2, 0.25) is 0 Å². The summed E-state index contributed by atoms with van der Waals surface area (Å²) in [4.78, 5) is 0. The van der Waals surface area contributed by atoms with Gasteiger partial charge in [0.15, 0.2) is 5.82 Å². The van der Waals surface area contributed by atoms with Gasteiger partial charge in [-0.15, -0.1) is 22.6 Å². The molecule has 2 aromatic rings. The molecule has 6 heteroatoms. The predicted octanol–water partition coefficient (Wildman–Crippen LogP) is 2.19. The molecule has 5 nitrogen and oxygen atoms in total. The molecule has 2 aliphatic rings. The Labute approximate surface area is 130 Å². The fourth-order valence-corrected chi connectivity index (χ4v) is 3.13. The zero-order valence-corrected chi connectivity index (χ0v) is 12.6. The van der Waals surface area contributed by atoms with E-state index in [0.29, 0.717) is 19.1 Å². The molecule has 0 radical (unpaired) electrons. The Hall–Kier alpha value is -1.43. The van der Waals surface area contributed by atoms with Gasteiger partial charge in [-0.2, -0.15) is 0 Å². The summed E-state index contributed by atoms with van der Waals surface area (Å²) >= 11 is 0. The Bertz CT molecular complexity index is 622. The molecule has 1 aromatic carbocycles. The topological polar surface area (TPSA) is 52.0 Å². The molecule has 21 heavy (non-hydrogen) atoms. The van der Waals surface area contributed by atoms with E-state index in [1.807, 2.05) is 0 Å². The lowest BCUT2D eigenvalue weighted by Crippen LogP contribution is -2.30. The number of nitrogens with one attached hydrogen (secondary N) is 1. The van der Waals surface area contributed by atoms with Crippen LogP contribution in [0.15, 0.2) is 24.3 Å². The number of nitrogens with zero attached hydrogens (tertiary/aromatic N) is 3. The van der Waals surface area contributed by atoms with Gasteiger partial charge < -0.3 is 10.1 Å². The zero-order valence-electron chi connectivity index (χ0n) is 11.8. The maximum absolute atomic E-state index is 5.71. The van der Waals surface area contributed by atoms with Gasteiger partial charge in [-0.25, -0.2) is 0 Å². The van der Waals surface area contributed by atoms with Crippen LogP contribution < -0.4 is 5.32 Å². The molecule has 0 bridgehead atoms. The van der Waals surface area contributed by atoms with Crippen molar-refractivity contribution < 1.29 is 4.74 Å². The zero-order chi connectivity index (χ0) is 13.4. The number of rotatable bonds is 1. The molecule has 1 fully saturated rings. The van der Waals surface area contributed by atoms with Crippen LogP contribution in [0.2, 0.25) is 0 Å². The smallest absolute Gasteiger partial charge is 0.163 e. The molecule has 0 amide bonds. The highest BCUT2D eigenvalue weighted by Gasteiger charge is 2.26. The summed E-state index contributed by atoms with van der Waals surface area (Å²) in [5.41, 5.74) is 2.38. The van der Waals surface area contributed by atoms with Crippen LogP contribution in [0.1, 0.15) is 36.0 Å². The predicted molar refractivity (Wildman–Crippen MR) is 81.9 cm³/mol. The first-order valence-electron chi connectivity index (χ1n) is 7.24. The molecule has 3 heterocycles. The maximum atomic E-state index is 5.71. The van der Waals surface area contributed by atoms with Crippen LogP contribution in [0.5, 0.6) is 0 Å². The van der Waals surface area contributed by atoms with Gasteiger partial charge in [0.25, 0.3) is 0 Å². The summed E-state index contributed by atoms with van der Waals surface area (Å²) in [5, 5.41) is 12.3. The number of ether oxygens (including phenoxy) is 1. The van der Waals surface area contributed by atoms with E-state index >= 15 is 0 Å². The van der Waals surface area contributed by atoms with Crippen molar-refractivity contribution >= 4 is 12.4 Å². The number of hydrogen-bond acceptors (Lipinski definition) is 4. The third-order valence-electron chi connectivity index (χ3n) is 4.14. The molecule has 2 aliphatic heterocycles. The second-order valence-corrected chi connectivity index (χ2v) is 5.47. The van der Waals surface area contributed by atoms with Gasteiger partial charge in [0, 0.05) is 18.0 Å². The third kappa shape index (κ3) is 2.57. The minimum atomic E-state index is 0. The van der Waals surface area contributed by atoms with E-state index in [1.54, 1.807) is 0 Å². The van der Waals surface area contributed by atoms with Crippen LogP contribution >= 0.6 is 12.4 Å². The average Bonchev–Trinajstić information content (AvgIpc) is 2.84. The van der Waals surface area contributed by atoms with E-state index in [2.05, 4.69) is 44.3 Å². The lowest BCUT2D eigenvalue weighted by Gasteiger charge is -2.23. The van der Waals surface area contributed by atoms with E-state index in [0.717, 1.165) is 24.7 Å². The summed E-state index contributed by atoms with van der Waals surface area (Å²) in [6, 6.07) is 8.38. The van der Waals surface area contributed by atoms with Gasteiger partial charge in [0.05, 0.1) is 12.3 Å². The van der Waals surface area contributed by atoms with Crippen LogP contribution in [0.25, 0.3) is 5.69 Å². The Kier molecular flexibility index (Phi) is 4.24. The summed E-state index contributed by atoms with van der Waals surface area (Å²) < 4.78 is 7.92. The van der Waals surface area contributed by atoms with Crippen molar-refractivity contribution in [2.24, 2.45) is 0 Å². The number of fused-ring (bicyclic) bond motifs is 3. The Balaban J connectivity index is 0.00000132. The molecular formula is C15H19ClN4O. The standard InChI is InChI=1S/C15H18N4O.ClH/c1-2-6-13-12(4-1)9-20-10-14-17-18-15(19(13)14)11-5-3-7-16-8-11;/h1-2,4,6,11,16H,3,5,7-10H2;1H. The summed E-state index contributed by atoms with van der Waals surface area (Å²) in [7, 11) is 0. The van der Waals surface area contributed by atoms with Gasteiger partial charge in [-0.05, 0) is 25.5 Å². The molecule has 1 saturated heterocycles. The van der Waals surface area contributed by atoms with E-state index in [-0.39, 0.29) is 12.4 Å². The largest absolute Gasteiger partial charge is 0.369 e. The van der Waals surface area contributed by atoms with Crippen molar-refractivity contribution in [2.75, 3.05) is 13.1 Å². The van der Waals surface area contributed by atoms with Crippen molar-refractivity contribution in [3.05, 3.63) is 41.5 Å². The molecule has 0 spiro atoms. The number of hydrogen-bond donors (Lipinski definition) is 1. The second kappa shape index (κ2) is 6.13. The molecule has 112 valence electrons. The summed E-state index contributed by atoms with van der Waals surface area (Å²) in [6.45, 7) is 3.27. The van der Waals surface area contributed by atoms with E-state index < -0.39 is 0 Å². The monoisotopic (exact) mass is 306 g/mol. The Morgan fingerprint density at radius 1 is 1.19 bits per heavy atom. The highest BCUT2D eigenvalue weighted by atomic mass is 35.5. The van der Waals surface area contributed by atoms with Crippen molar-refractivity contribution in [1.82, 2.24) is 20.1 Å². The first-order chi connectivity index (χ1) is 9.93. The van der Waals surface area contributed by atoms with Crippen molar-refractivity contribution in [3.8, 4) is 5.69 Å². The van der Waals surface area contributed by atoms with Crippen LogP contribution in [-0.4, -0.2) is 27.9 Å². The molecule has 0 saturated carbocycles. The molecule has 1 atom stereocenters. The number of para-hydroxylation sites is 1. The minimum absolute atomic E-state index is 0. The second-order valence-electron chi connectivity index (χ2n) is 5.47. The highest BCUT2D eigenvalue weighted by Crippen LogP contribution is 2.29. The van der Waals surface area contributed by atoms with Crippen LogP contribution in [-0.2, 0) is 18.0 Å². The van der Waals surface area contributed by atoms with Crippen molar-refractivity contribution in [1.29, 1.82) is 0 Å². The highest BCUT2D eigenvalue weighted by molar-refractivity contribution is 5.85. The molecule has 0 aliphatic carbocycles. The number of benzene rings is 1. The van der Waals surface area contributed by atoms with Crippen molar-refractivity contribution in [3.63, 3.8) is 0 Å². The van der Waals surface area contributed by atoms with Gasteiger partial charge >= 0.3 is 0 Å². The fraction of sp³-hybridized carbons (Fsp3) is 0.467. The lowest BCUT2D eigenvalue weighted by atomic mass is 9.98. The Morgan fingerprint density at radius 3 is 2.95 bits per heavy atom. The van der Waals surface area contributed by atoms with Gasteiger partial charge in [0.1, 0.15) is 12.4 Å². The summed E-state index contributed by atoms with van der Waals surface area (Å²) in [6.07, 6.45) is 2.37. The number of piperidine rings is 1. The van der Waals surface area contributed by atoms with E-state index in [4.69, 9.17) is 4.74 Å². The molecular weight excluding hydrogens is 288 g/mol. The quantitative estimate of drug-likeness (QED) is 0.877. The maximum Gasteiger partial charge on any atom is 0.163 e. The average molecular weight is 307 g/mol. The molecule has 1 unspecified atom stereocenters. The van der Waals surface area contributed by atoms with Gasteiger partial charge in [-0.1, -0.05) is 18.2 Å². The summed E-state index contributed by atoms with van der Waals surface area (Å²) in [5.74, 6) is 2.43. The normalized spacial score (nSPS) is 20.9. The third-order valence-corrected chi connectivity index (χ3v) is 4.14. The Morgan fingerprint density at radius 2 is 2.10 bits per heavy atom. The van der Waals surface area contributed by atoms with Crippen LogP contribution in [0.4, 0.5) is 0 Å². The van der Waals surface area contributed by atoms with Crippen LogP contribution in [0.3, 0.4) is 0 Å². The van der Waals surface area contributed by atoms with E-state index in [9.17, 15) is 0 Å². The first-order valence-corrected chi connectivity index (χ1v) is 7.24. The van der Waals surface area contributed by atoms with E-state index in [1.165, 1.54) is 24.1 Å². The van der Waals surface area contributed by atoms with Crippen molar-refractivity contribution in [2.45, 2.75) is 32.0 Å². The lowest BCUT2D eigenvalue weighted by molar-refractivity contribution is 0.105. The SMILES string of the molecule is Cl.c1ccc2c(c1)COCc1nnc(C3CCCNC3)n1-2. The number of halogens is 1. The fourth-order valence-electron chi connectivity index (χ4n) is 3.13. The number of aromatic nitrogens is 3. The van der Waals surface area contributed by atoms with Crippen LogP contribution in [0, 0.1) is 0 Å². The molecule has 4 rings (SSSR count). The molecule has 1 N–H and O–H groups in total. The first kappa shape index (κ1) is 14.5. The van der Waals surface area contributed by atoms with Gasteiger partial charge in [-0.3, -0.25) is 4.57 Å². The minimum Gasteiger partial charge on any atom is -0.369 e.